The zero-order valence-corrected chi connectivity index (χ0v) is 22.7. The van der Waals surface area contributed by atoms with Crippen molar-refractivity contribution >= 4 is 34.6 Å². The smallest absolute Gasteiger partial charge is 0.219 e. The van der Waals surface area contributed by atoms with Gasteiger partial charge in [-0.15, -0.1) is 0 Å². The fraction of sp³-hybridized carbons (Fsp3) is 0.467. The Morgan fingerprint density at radius 1 is 1.03 bits per heavy atom. The van der Waals surface area contributed by atoms with Crippen LogP contribution in [0.2, 0.25) is 0 Å². The van der Waals surface area contributed by atoms with Gasteiger partial charge in [0.1, 0.15) is 17.3 Å². The number of anilines is 2. The summed E-state index contributed by atoms with van der Waals surface area (Å²) in [5.74, 6) is 2.11. The number of aryl methyl sites for hydroxylation is 2. The van der Waals surface area contributed by atoms with E-state index < -0.39 is 0 Å². The highest BCUT2D eigenvalue weighted by atomic mass is 16.2. The fourth-order valence-corrected chi connectivity index (χ4v) is 5.83. The van der Waals surface area contributed by atoms with Gasteiger partial charge >= 0.3 is 0 Å². The SMILES string of the molecule is CC(=O)N1CCC(Nc2cc(N3CCCC3)nc3cc(C4=Nc5cc(C)ccc5CC/C=C\4C)nn23)CC1. The maximum absolute atomic E-state index is 11.8. The summed E-state index contributed by atoms with van der Waals surface area (Å²) in [4.78, 5) is 26.3. The molecule has 1 aromatic carbocycles. The van der Waals surface area contributed by atoms with Crippen LogP contribution in [0.4, 0.5) is 17.3 Å². The normalized spacial score (nSPS) is 20.0. The molecule has 198 valence electrons. The van der Waals surface area contributed by atoms with E-state index in [0.717, 1.165) is 91.8 Å². The second-order valence-electron chi connectivity index (χ2n) is 10.9. The summed E-state index contributed by atoms with van der Waals surface area (Å²) in [5, 5.41) is 8.83. The van der Waals surface area contributed by atoms with Crippen molar-refractivity contribution in [3.63, 3.8) is 0 Å². The van der Waals surface area contributed by atoms with E-state index >= 15 is 0 Å². The van der Waals surface area contributed by atoms with Crippen LogP contribution in [0.25, 0.3) is 5.65 Å². The summed E-state index contributed by atoms with van der Waals surface area (Å²) in [7, 11) is 0. The van der Waals surface area contributed by atoms with Crippen molar-refractivity contribution in [2.75, 3.05) is 36.4 Å². The number of nitrogens with zero attached hydrogens (tertiary/aromatic N) is 6. The number of likely N-dealkylation sites (tertiary alicyclic amines) is 1. The summed E-state index contributed by atoms with van der Waals surface area (Å²) in [6, 6.07) is 11.1. The molecule has 2 fully saturated rings. The van der Waals surface area contributed by atoms with Crippen LogP contribution < -0.4 is 10.2 Å². The quantitative estimate of drug-likeness (QED) is 0.529. The molecule has 2 aromatic heterocycles. The Kier molecular flexibility index (Phi) is 6.64. The number of fused-ring (bicyclic) bond motifs is 2. The Hall–Kier alpha value is -3.68. The average molecular weight is 512 g/mol. The molecule has 0 radical (unpaired) electrons. The lowest BCUT2D eigenvalue weighted by Gasteiger charge is -2.32. The molecular formula is C30H37N7O. The summed E-state index contributed by atoms with van der Waals surface area (Å²) in [6.07, 6.45) is 8.48. The van der Waals surface area contributed by atoms with Gasteiger partial charge in [0.15, 0.2) is 5.65 Å². The first-order valence-electron chi connectivity index (χ1n) is 14.0. The Labute approximate surface area is 224 Å². The van der Waals surface area contributed by atoms with Crippen molar-refractivity contribution in [3.8, 4) is 0 Å². The monoisotopic (exact) mass is 511 g/mol. The molecule has 8 heteroatoms. The first kappa shape index (κ1) is 24.6. The number of aromatic nitrogens is 3. The third kappa shape index (κ3) is 4.91. The highest BCUT2D eigenvalue weighted by Gasteiger charge is 2.24. The summed E-state index contributed by atoms with van der Waals surface area (Å²) in [5.41, 5.74) is 7.24. The number of carbonyl (C=O) groups is 1. The molecular weight excluding hydrogens is 474 g/mol. The Balaban J connectivity index is 1.40. The van der Waals surface area contributed by atoms with Crippen LogP contribution in [0.3, 0.4) is 0 Å². The topological polar surface area (TPSA) is 78.1 Å². The van der Waals surface area contributed by atoms with E-state index in [1.165, 1.54) is 24.0 Å². The largest absolute Gasteiger partial charge is 0.367 e. The lowest BCUT2D eigenvalue weighted by Crippen LogP contribution is -2.41. The van der Waals surface area contributed by atoms with Crippen LogP contribution in [0.15, 0.2) is 47.0 Å². The first-order valence-corrected chi connectivity index (χ1v) is 14.0. The van der Waals surface area contributed by atoms with Gasteiger partial charge in [-0.3, -0.25) is 4.79 Å². The predicted molar refractivity (Wildman–Crippen MR) is 153 cm³/mol. The van der Waals surface area contributed by atoms with Crippen LogP contribution in [0, 0.1) is 6.92 Å². The van der Waals surface area contributed by atoms with Gasteiger partial charge in [0.05, 0.1) is 11.4 Å². The standard InChI is InChI=1S/C30H37N7O/c1-20-9-10-23-8-6-7-21(2)30(32-25(23)17-20)26-18-28-33-27(36-13-4-5-14-36)19-29(37(28)34-26)31-24-11-15-35(16-12-24)22(3)38/h7,9-10,17-19,24,31H,4-6,8,11-16H2,1-3H3/b21-7-,32-30?. The van der Waals surface area contributed by atoms with Gasteiger partial charge in [0.25, 0.3) is 0 Å². The number of carbonyl (C=O) groups excluding carboxylic acids is 1. The molecule has 0 bridgehead atoms. The van der Waals surface area contributed by atoms with Crippen molar-refractivity contribution in [2.45, 2.75) is 65.3 Å². The molecule has 0 atom stereocenters. The molecule has 5 heterocycles. The minimum atomic E-state index is 0.156. The average Bonchev–Trinajstić information content (AvgIpc) is 3.58. The van der Waals surface area contributed by atoms with Gasteiger partial charge in [0.2, 0.25) is 5.91 Å². The van der Waals surface area contributed by atoms with Crippen molar-refractivity contribution in [1.82, 2.24) is 19.5 Å². The van der Waals surface area contributed by atoms with Gasteiger partial charge in [-0.2, -0.15) is 9.61 Å². The molecule has 0 unspecified atom stereocenters. The highest BCUT2D eigenvalue weighted by molar-refractivity contribution is 6.12. The number of aliphatic imine (C=N–C) groups is 1. The van der Waals surface area contributed by atoms with Crippen LogP contribution in [-0.2, 0) is 11.2 Å². The molecule has 8 nitrogen and oxygen atoms in total. The number of benzene rings is 1. The summed E-state index contributed by atoms with van der Waals surface area (Å²) >= 11 is 0. The number of amides is 1. The van der Waals surface area contributed by atoms with E-state index in [1.807, 2.05) is 9.42 Å². The molecule has 0 spiro atoms. The van der Waals surface area contributed by atoms with Crippen LogP contribution in [0.5, 0.6) is 0 Å². The van der Waals surface area contributed by atoms with Crippen molar-refractivity contribution < 1.29 is 4.79 Å². The van der Waals surface area contributed by atoms with Crippen LogP contribution >= 0.6 is 0 Å². The molecule has 1 amide bonds. The van der Waals surface area contributed by atoms with Gasteiger partial charge in [-0.25, -0.2) is 9.98 Å². The Morgan fingerprint density at radius 2 is 1.82 bits per heavy atom. The number of piperidine rings is 1. The summed E-state index contributed by atoms with van der Waals surface area (Å²) < 4.78 is 1.94. The summed E-state index contributed by atoms with van der Waals surface area (Å²) in [6.45, 7) is 9.53. The molecule has 6 rings (SSSR count). The second kappa shape index (κ2) is 10.2. The number of hydrogen-bond donors (Lipinski definition) is 1. The van der Waals surface area contributed by atoms with E-state index in [9.17, 15) is 4.79 Å². The Morgan fingerprint density at radius 3 is 2.58 bits per heavy atom. The van der Waals surface area contributed by atoms with E-state index in [0.29, 0.717) is 0 Å². The van der Waals surface area contributed by atoms with E-state index in [-0.39, 0.29) is 11.9 Å². The third-order valence-electron chi connectivity index (χ3n) is 8.09. The first-order chi connectivity index (χ1) is 18.4. The van der Waals surface area contributed by atoms with Gasteiger partial charge in [0, 0.05) is 51.3 Å². The predicted octanol–water partition coefficient (Wildman–Crippen LogP) is 5.07. The fourth-order valence-electron chi connectivity index (χ4n) is 5.83. The van der Waals surface area contributed by atoms with Gasteiger partial charge in [-0.05, 0) is 75.1 Å². The molecule has 3 aliphatic heterocycles. The number of allylic oxidation sites excluding steroid dienone is 2. The van der Waals surface area contributed by atoms with Crippen molar-refractivity contribution in [1.29, 1.82) is 0 Å². The second-order valence-corrected chi connectivity index (χ2v) is 10.9. The maximum atomic E-state index is 11.8. The third-order valence-corrected chi connectivity index (χ3v) is 8.09. The number of nitrogens with one attached hydrogen (secondary N) is 1. The van der Waals surface area contributed by atoms with E-state index in [2.05, 4.69) is 60.5 Å². The molecule has 1 N–H and O–H groups in total. The molecule has 3 aromatic rings. The minimum Gasteiger partial charge on any atom is -0.367 e. The molecule has 2 saturated heterocycles. The van der Waals surface area contributed by atoms with Crippen LogP contribution in [0.1, 0.15) is 62.8 Å². The van der Waals surface area contributed by atoms with Crippen molar-refractivity contribution in [2.24, 2.45) is 4.99 Å². The molecule has 0 saturated carbocycles. The minimum absolute atomic E-state index is 0.156. The number of rotatable bonds is 4. The van der Waals surface area contributed by atoms with Gasteiger partial charge < -0.3 is 15.1 Å². The van der Waals surface area contributed by atoms with Crippen LogP contribution in [-0.4, -0.2) is 63.3 Å². The van der Waals surface area contributed by atoms with E-state index in [1.54, 1.807) is 6.92 Å². The van der Waals surface area contributed by atoms with E-state index in [4.69, 9.17) is 15.1 Å². The number of hydrogen-bond acceptors (Lipinski definition) is 6. The highest BCUT2D eigenvalue weighted by Crippen LogP contribution is 2.29. The maximum Gasteiger partial charge on any atom is 0.219 e. The van der Waals surface area contributed by atoms with Crippen molar-refractivity contribution in [3.05, 3.63) is 58.8 Å². The molecule has 0 aliphatic carbocycles. The Bertz CT molecular complexity index is 1420. The zero-order valence-electron chi connectivity index (χ0n) is 22.7. The molecule has 38 heavy (non-hydrogen) atoms. The molecule has 3 aliphatic rings. The van der Waals surface area contributed by atoms with Gasteiger partial charge in [-0.1, -0.05) is 18.2 Å². The zero-order chi connectivity index (χ0) is 26.2. The lowest BCUT2D eigenvalue weighted by atomic mass is 10.00. The lowest BCUT2D eigenvalue weighted by molar-refractivity contribution is -0.129.